The van der Waals surface area contributed by atoms with Crippen LogP contribution in [0.2, 0.25) is 0 Å². The summed E-state index contributed by atoms with van der Waals surface area (Å²) in [5.41, 5.74) is 3.38. The molecule has 3 nitrogen and oxygen atoms in total. The van der Waals surface area contributed by atoms with Crippen LogP contribution in [-0.2, 0) is 10.8 Å². The molecular weight excluding hydrogens is 210 g/mol. The summed E-state index contributed by atoms with van der Waals surface area (Å²) in [6.07, 6.45) is 1.86. The number of aromatic amines is 1. The minimum atomic E-state index is 0.0701. The van der Waals surface area contributed by atoms with E-state index in [0.717, 1.165) is 11.2 Å². The van der Waals surface area contributed by atoms with Gasteiger partial charge in [0.15, 0.2) is 0 Å². The molecule has 0 aliphatic heterocycles. The van der Waals surface area contributed by atoms with Crippen molar-refractivity contribution in [3.63, 3.8) is 0 Å². The second-order valence-corrected chi connectivity index (χ2v) is 6.69. The molecule has 0 aliphatic rings. The van der Waals surface area contributed by atoms with E-state index in [9.17, 15) is 0 Å². The van der Waals surface area contributed by atoms with E-state index in [1.165, 1.54) is 11.1 Å². The third-order valence-corrected chi connectivity index (χ3v) is 2.96. The molecule has 0 atom stereocenters. The molecule has 0 amide bonds. The number of hydrogen-bond acceptors (Lipinski definition) is 2. The van der Waals surface area contributed by atoms with Crippen molar-refractivity contribution in [3.05, 3.63) is 23.7 Å². The van der Waals surface area contributed by atoms with Crippen LogP contribution in [0.4, 0.5) is 0 Å². The van der Waals surface area contributed by atoms with E-state index in [1.54, 1.807) is 0 Å². The molecular formula is C14H21N3. The van der Waals surface area contributed by atoms with Crippen molar-refractivity contribution >= 4 is 10.9 Å². The van der Waals surface area contributed by atoms with E-state index in [1.807, 2.05) is 6.20 Å². The third kappa shape index (κ3) is 2.19. The topological polar surface area (TPSA) is 41.6 Å². The molecule has 1 N–H and O–H groups in total. The summed E-state index contributed by atoms with van der Waals surface area (Å²) < 4.78 is 0. The minimum absolute atomic E-state index is 0.0701. The Morgan fingerprint density at radius 1 is 1.00 bits per heavy atom. The first-order chi connectivity index (χ1) is 7.69. The molecule has 0 fully saturated rings. The highest BCUT2D eigenvalue weighted by molar-refractivity contribution is 5.82. The fraction of sp³-hybridized carbons (Fsp3) is 0.571. The van der Waals surface area contributed by atoms with Gasteiger partial charge in [-0.3, -0.25) is 10.1 Å². The van der Waals surface area contributed by atoms with Crippen LogP contribution in [0, 0.1) is 0 Å². The molecule has 0 aromatic carbocycles. The van der Waals surface area contributed by atoms with E-state index in [4.69, 9.17) is 0 Å². The molecule has 0 unspecified atom stereocenters. The fourth-order valence-electron chi connectivity index (χ4n) is 1.90. The van der Waals surface area contributed by atoms with Crippen LogP contribution in [0.15, 0.2) is 12.3 Å². The Balaban J connectivity index is 2.67. The Morgan fingerprint density at radius 3 is 2.18 bits per heavy atom. The monoisotopic (exact) mass is 231 g/mol. The van der Waals surface area contributed by atoms with E-state index < -0.39 is 0 Å². The Labute approximate surface area is 103 Å². The van der Waals surface area contributed by atoms with Crippen molar-refractivity contribution in [1.29, 1.82) is 0 Å². The number of pyridine rings is 1. The standard InChI is InChI=1S/C14H21N3/c1-13(2,3)11-7-9-10(8-15-11)16-17-12(9)14(4,5)6/h7-8H,1-6H3,(H,16,17). The van der Waals surface area contributed by atoms with E-state index in [-0.39, 0.29) is 10.8 Å². The minimum Gasteiger partial charge on any atom is -0.281 e. The number of hydrogen-bond donors (Lipinski definition) is 1. The van der Waals surface area contributed by atoms with Gasteiger partial charge in [0, 0.05) is 27.6 Å². The quantitative estimate of drug-likeness (QED) is 0.753. The summed E-state index contributed by atoms with van der Waals surface area (Å²) in [5.74, 6) is 0. The molecule has 2 heterocycles. The molecule has 3 heteroatoms. The van der Waals surface area contributed by atoms with Crippen LogP contribution in [0.3, 0.4) is 0 Å². The molecule has 2 aromatic heterocycles. The van der Waals surface area contributed by atoms with Gasteiger partial charge in [-0.2, -0.15) is 5.10 Å². The maximum atomic E-state index is 4.49. The van der Waals surface area contributed by atoms with E-state index in [2.05, 4.69) is 62.8 Å². The van der Waals surface area contributed by atoms with Crippen molar-refractivity contribution in [2.45, 2.75) is 52.4 Å². The summed E-state index contributed by atoms with van der Waals surface area (Å²) in [4.78, 5) is 4.49. The van der Waals surface area contributed by atoms with Crippen molar-refractivity contribution in [1.82, 2.24) is 15.2 Å². The van der Waals surface area contributed by atoms with Gasteiger partial charge in [-0.1, -0.05) is 41.5 Å². The molecule has 0 radical (unpaired) electrons. The Morgan fingerprint density at radius 2 is 1.65 bits per heavy atom. The maximum Gasteiger partial charge on any atom is 0.111 e. The fourth-order valence-corrected chi connectivity index (χ4v) is 1.90. The number of aromatic nitrogens is 3. The lowest BCUT2D eigenvalue weighted by Gasteiger charge is -2.19. The van der Waals surface area contributed by atoms with Crippen LogP contribution in [0.25, 0.3) is 10.9 Å². The van der Waals surface area contributed by atoms with Gasteiger partial charge < -0.3 is 0 Å². The number of H-pyrrole nitrogens is 1. The second kappa shape index (κ2) is 3.56. The zero-order valence-electron chi connectivity index (χ0n) is 11.5. The van der Waals surface area contributed by atoms with Crippen LogP contribution >= 0.6 is 0 Å². The van der Waals surface area contributed by atoms with Crippen molar-refractivity contribution < 1.29 is 0 Å². The first kappa shape index (κ1) is 12.1. The van der Waals surface area contributed by atoms with Gasteiger partial charge in [-0.15, -0.1) is 0 Å². The van der Waals surface area contributed by atoms with Gasteiger partial charge in [-0.05, 0) is 6.07 Å². The third-order valence-electron chi connectivity index (χ3n) is 2.96. The van der Waals surface area contributed by atoms with E-state index >= 15 is 0 Å². The zero-order chi connectivity index (χ0) is 12.8. The van der Waals surface area contributed by atoms with Crippen molar-refractivity contribution in [2.24, 2.45) is 0 Å². The SMILES string of the molecule is CC(C)(C)c1cc2c(C(C)(C)C)[nH]nc2cn1. The Kier molecular flexibility index (Phi) is 2.53. The van der Waals surface area contributed by atoms with Gasteiger partial charge in [0.1, 0.15) is 5.52 Å². The molecule has 0 aliphatic carbocycles. The van der Waals surface area contributed by atoms with Crippen LogP contribution in [0.5, 0.6) is 0 Å². The van der Waals surface area contributed by atoms with Gasteiger partial charge >= 0.3 is 0 Å². The Hall–Kier alpha value is -1.38. The van der Waals surface area contributed by atoms with Gasteiger partial charge in [-0.25, -0.2) is 0 Å². The van der Waals surface area contributed by atoms with Gasteiger partial charge in [0.05, 0.1) is 6.20 Å². The maximum absolute atomic E-state index is 4.49. The highest BCUT2D eigenvalue weighted by Gasteiger charge is 2.22. The molecule has 2 rings (SSSR count). The average molecular weight is 231 g/mol. The molecule has 2 aromatic rings. The van der Waals surface area contributed by atoms with Crippen LogP contribution < -0.4 is 0 Å². The molecule has 92 valence electrons. The molecule has 0 bridgehead atoms. The lowest BCUT2D eigenvalue weighted by molar-refractivity contribution is 0.566. The summed E-state index contributed by atoms with van der Waals surface area (Å²) in [6.45, 7) is 13.1. The smallest absolute Gasteiger partial charge is 0.111 e. The predicted octanol–water partition coefficient (Wildman–Crippen LogP) is 3.55. The number of rotatable bonds is 0. The summed E-state index contributed by atoms with van der Waals surface area (Å²) in [6, 6.07) is 2.17. The molecule has 0 spiro atoms. The van der Waals surface area contributed by atoms with Crippen LogP contribution in [-0.4, -0.2) is 15.2 Å². The molecule has 0 saturated heterocycles. The summed E-state index contributed by atoms with van der Waals surface area (Å²) in [5, 5.41) is 8.66. The van der Waals surface area contributed by atoms with Crippen molar-refractivity contribution in [3.8, 4) is 0 Å². The zero-order valence-corrected chi connectivity index (χ0v) is 11.5. The highest BCUT2D eigenvalue weighted by atomic mass is 15.1. The van der Waals surface area contributed by atoms with Crippen molar-refractivity contribution in [2.75, 3.05) is 0 Å². The summed E-state index contributed by atoms with van der Waals surface area (Å²) in [7, 11) is 0. The number of nitrogens with zero attached hydrogens (tertiary/aromatic N) is 2. The van der Waals surface area contributed by atoms with Gasteiger partial charge in [0.2, 0.25) is 0 Å². The largest absolute Gasteiger partial charge is 0.281 e. The first-order valence-electron chi connectivity index (χ1n) is 6.05. The predicted molar refractivity (Wildman–Crippen MR) is 71.3 cm³/mol. The summed E-state index contributed by atoms with van der Waals surface area (Å²) >= 11 is 0. The normalized spacial score (nSPS) is 13.3. The van der Waals surface area contributed by atoms with Gasteiger partial charge in [0.25, 0.3) is 0 Å². The molecule has 17 heavy (non-hydrogen) atoms. The Bertz CT molecular complexity index is 539. The first-order valence-corrected chi connectivity index (χ1v) is 6.05. The van der Waals surface area contributed by atoms with E-state index in [0.29, 0.717) is 0 Å². The second-order valence-electron chi connectivity index (χ2n) is 6.69. The number of nitrogens with one attached hydrogen (secondary N) is 1. The van der Waals surface area contributed by atoms with Crippen LogP contribution in [0.1, 0.15) is 52.9 Å². The average Bonchev–Trinajstić information content (AvgIpc) is 2.57. The lowest BCUT2D eigenvalue weighted by Crippen LogP contribution is -2.14. The lowest BCUT2D eigenvalue weighted by atomic mass is 9.87. The number of fused-ring (bicyclic) bond motifs is 1. The highest BCUT2D eigenvalue weighted by Crippen LogP contribution is 2.30. The molecule has 0 saturated carbocycles.